The summed E-state index contributed by atoms with van der Waals surface area (Å²) in [6, 6.07) is 4.40. The number of carbonyl (C=O) groups excluding carboxylic acids is 1. The average Bonchev–Trinajstić information content (AvgIpc) is 2.70. The van der Waals surface area contributed by atoms with Gasteiger partial charge in [0.05, 0.1) is 5.02 Å². The Hall–Kier alpha value is -1.19. The molecule has 17 heavy (non-hydrogen) atoms. The quantitative estimate of drug-likeness (QED) is 0.841. The van der Waals surface area contributed by atoms with Gasteiger partial charge in [0.25, 0.3) is 0 Å². The van der Waals surface area contributed by atoms with Crippen LogP contribution < -0.4 is 5.73 Å². The molecular formula is C13H13ClFNO. The van der Waals surface area contributed by atoms with Crippen molar-refractivity contribution >= 4 is 17.4 Å². The molecule has 0 aliphatic heterocycles. The first-order valence-corrected chi connectivity index (χ1v) is 5.84. The second kappa shape index (κ2) is 4.98. The summed E-state index contributed by atoms with van der Waals surface area (Å²) in [6.07, 6.45) is 4.54. The van der Waals surface area contributed by atoms with Gasteiger partial charge < -0.3 is 5.73 Å². The van der Waals surface area contributed by atoms with E-state index in [1.54, 1.807) is 6.07 Å². The largest absolute Gasteiger partial charge is 0.324 e. The van der Waals surface area contributed by atoms with Crippen LogP contribution in [0.3, 0.4) is 0 Å². The van der Waals surface area contributed by atoms with Crippen LogP contribution in [-0.4, -0.2) is 11.8 Å². The van der Waals surface area contributed by atoms with Crippen LogP contribution in [0.2, 0.25) is 5.02 Å². The lowest BCUT2D eigenvalue weighted by molar-refractivity contribution is -0.120. The number of ketones is 1. The molecule has 0 amide bonds. The van der Waals surface area contributed by atoms with Gasteiger partial charge in [-0.15, -0.1) is 0 Å². The van der Waals surface area contributed by atoms with Gasteiger partial charge in [-0.05, 0) is 24.1 Å². The van der Waals surface area contributed by atoms with E-state index >= 15 is 0 Å². The minimum absolute atomic E-state index is 0.0362. The summed E-state index contributed by atoms with van der Waals surface area (Å²) >= 11 is 5.58. The molecule has 1 aromatic rings. The summed E-state index contributed by atoms with van der Waals surface area (Å²) in [4.78, 5) is 11.9. The van der Waals surface area contributed by atoms with Crippen LogP contribution in [0.4, 0.5) is 4.39 Å². The van der Waals surface area contributed by atoms with Crippen LogP contribution in [-0.2, 0) is 11.2 Å². The minimum atomic E-state index is -0.490. The molecule has 0 saturated carbocycles. The number of benzene rings is 1. The van der Waals surface area contributed by atoms with Gasteiger partial charge in [0, 0.05) is 18.4 Å². The molecule has 0 radical (unpaired) electrons. The second-order valence-corrected chi connectivity index (χ2v) is 4.69. The molecule has 2 rings (SSSR count). The van der Waals surface area contributed by atoms with Gasteiger partial charge in [-0.1, -0.05) is 29.8 Å². The molecule has 0 fully saturated rings. The predicted octanol–water partition coefficient (Wildman–Crippen LogP) is 2.49. The summed E-state index contributed by atoms with van der Waals surface area (Å²) in [5.74, 6) is -0.560. The van der Waals surface area contributed by atoms with E-state index in [1.807, 2.05) is 12.2 Å². The fourth-order valence-electron chi connectivity index (χ4n) is 1.95. The van der Waals surface area contributed by atoms with Gasteiger partial charge in [-0.3, -0.25) is 4.79 Å². The zero-order valence-electron chi connectivity index (χ0n) is 9.20. The summed E-state index contributed by atoms with van der Waals surface area (Å²) < 4.78 is 13.2. The smallest absolute Gasteiger partial charge is 0.144 e. The molecule has 90 valence electrons. The highest BCUT2D eigenvalue weighted by atomic mass is 35.5. The topological polar surface area (TPSA) is 43.1 Å². The Balaban J connectivity index is 2.03. The normalized spacial score (nSPS) is 23.0. The predicted molar refractivity (Wildman–Crippen MR) is 65.3 cm³/mol. The fourth-order valence-corrected chi connectivity index (χ4v) is 2.07. The highest BCUT2D eigenvalue weighted by Crippen LogP contribution is 2.21. The molecule has 0 bridgehead atoms. The van der Waals surface area contributed by atoms with E-state index in [2.05, 4.69) is 0 Å². The lowest BCUT2D eigenvalue weighted by Gasteiger charge is -2.08. The summed E-state index contributed by atoms with van der Waals surface area (Å²) in [6.45, 7) is 0. The first-order valence-electron chi connectivity index (χ1n) is 5.47. The zero-order valence-corrected chi connectivity index (χ0v) is 9.95. The van der Waals surface area contributed by atoms with Crippen molar-refractivity contribution in [1.29, 1.82) is 0 Å². The molecule has 1 aromatic carbocycles. The zero-order chi connectivity index (χ0) is 12.4. The lowest BCUT2D eigenvalue weighted by Crippen LogP contribution is -2.20. The molecule has 2 atom stereocenters. The molecule has 2 unspecified atom stereocenters. The van der Waals surface area contributed by atoms with Crippen molar-refractivity contribution < 1.29 is 9.18 Å². The second-order valence-electron chi connectivity index (χ2n) is 4.28. The third kappa shape index (κ3) is 2.93. The highest BCUT2D eigenvalue weighted by Gasteiger charge is 2.22. The molecule has 4 heteroatoms. The van der Waals surface area contributed by atoms with Gasteiger partial charge in [-0.25, -0.2) is 4.39 Å². The van der Waals surface area contributed by atoms with Crippen LogP contribution in [0.25, 0.3) is 0 Å². The molecule has 1 aliphatic carbocycles. The molecule has 0 saturated heterocycles. The summed E-state index contributed by atoms with van der Waals surface area (Å²) in [5.41, 5.74) is 6.33. The number of halogens is 2. The third-order valence-corrected chi connectivity index (χ3v) is 3.20. The van der Waals surface area contributed by atoms with Gasteiger partial charge in [0.1, 0.15) is 11.6 Å². The van der Waals surface area contributed by atoms with Gasteiger partial charge >= 0.3 is 0 Å². The van der Waals surface area contributed by atoms with E-state index < -0.39 is 5.82 Å². The van der Waals surface area contributed by atoms with E-state index in [0.717, 1.165) is 0 Å². The molecule has 0 spiro atoms. The van der Waals surface area contributed by atoms with Crippen molar-refractivity contribution in [2.24, 2.45) is 11.7 Å². The maximum absolute atomic E-state index is 13.2. The number of carbonyl (C=O) groups is 1. The number of allylic oxidation sites excluding steroid dienone is 1. The van der Waals surface area contributed by atoms with E-state index in [0.29, 0.717) is 12.0 Å². The number of nitrogens with two attached hydrogens (primary N) is 1. The van der Waals surface area contributed by atoms with Crippen LogP contribution >= 0.6 is 11.6 Å². The molecule has 1 aliphatic rings. The summed E-state index contributed by atoms with van der Waals surface area (Å²) in [5, 5.41) is 0.0731. The van der Waals surface area contributed by atoms with Crippen LogP contribution in [0.15, 0.2) is 30.4 Å². The van der Waals surface area contributed by atoms with Gasteiger partial charge in [0.15, 0.2) is 0 Å². The number of Topliss-reactive ketones (excluding diaryl/α,β-unsaturated/α-hetero) is 1. The monoisotopic (exact) mass is 253 g/mol. The molecular weight excluding hydrogens is 241 g/mol. The first-order chi connectivity index (χ1) is 8.06. The van der Waals surface area contributed by atoms with Crippen molar-refractivity contribution in [3.63, 3.8) is 0 Å². The fraction of sp³-hybridized carbons (Fsp3) is 0.308. The van der Waals surface area contributed by atoms with E-state index in [4.69, 9.17) is 17.3 Å². The Kier molecular flexibility index (Phi) is 3.60. The van der Waals surface area contributed by atoms with E-state index in [-0.39, 0.29) is 29.2 Å². The van der Waals surface area contributed by atoms with Crippen molar-refractivity contribution in [2.75, 3.05) is 0 Å². The van der Waals surface area contributed by atoms with Gasteiger partial charge in [-0.2, -0.15) is 0 Å². The Morgan fingerprint density at radius 3 is 2.82 bits per heavy atom. The molecule has 2 nitrogen and oxygen atoms in total. The first kappa shape index (κ1) is 12.3. The minimum Gasteiger partial charge on any atom is -0.324 e. The van der Waals surface area contributed by atoms with Crippen LogP contribution in [0.5, 0.6) is 0 Å². The maximum Gasteiger partial charge on any atom is 0.144 e. The number of hydrogen-bond acceptors (Lipinski definition) is 2. The standard InChI is InChI=1S/C13H13ClFNO/c14-11-4-1-8(5-12(11)15)6-13(17)9-2-3-10(16)7-9/h1-5,9-10H,6-7,16H2. The Labute approximate surface area is 104 Å². The Bertz CT molecular complexity index is 472. The number of rotatable bonds is 3. The average molecular weight is 254 g/mol. The van der Waals surface area contributed by atoms with Gasteiger partial charge in [0.2, 0.25) is 0 Å². The van der Waals surface area contributed by atoms with Crippen LogP contribution in [0.1, 0.15) is 12.0 Å². The summed E-state index contributed by atoms with van der Waals surface area (Å²) in [7, 11) is 0. The van der Waals surface area contributed by atoms with Crippen molar-refractivity contribution in [3.05, 3.63) is 46.8 Å². The van der Waals surface area contributed by atoms with Crippen LogP contribution in [0, 0.1) is 11.7 Å². The molecule has 0 heterocycles. The van der Waals surface area contributed by atoms with E-state index in [9.17, 15) is 9.18 Å². The van der Waals surface area contributed by atoms with Crippen molar-refractivity contribution in [1.82, 2.24) is 0 Å². The SMILES string of the molecule is NC1C=CC(C(=O)Cc2ccc(Cl)c(F)c2)C1. The Morgan fingerprint density at radius 1 is 1.47 bits per heavy atom. The lowest BCUT2D eigenvalue weighted by atomic mass is 9.97. The maximum atomic E-state index is 13.2. The highest BCUT2D eigenvalue weighted by molar-refractivity contribution is 6.30. The van der Waals surface area contributed by atoms with Crippen molar-refractivity contribution in [2.45, 2.75) is 18.9 Å². The third-order valence-electron chi connectivity index (χ3n) is 2.89. The molecule has 0 aromatic heterocycles. The van der Waals surface area contributed by atoms with E-state index in [1.165, 1.54) is 12.1 Å². The Morgan fingerprint density at radius 2 is 2.24 bits per heavy atom. The number of hydrogen-bond donors (Lipinski definition) is 1. The van der Waals surface area contributed by atoms with Crippen molar-refractivity contribution in [3.8, 4) is 0 Å². The molecule has 2 N–H and O–H groups in total.